The number of ketones is 1. The molecule has 0 saturated carbocycles. The highest BCUT2D eigenvalue weighted by Crippen LogP contribution is 2.31. The predicted molar refractivity (Wildman–Crippen MR) is 164 cm³/mol. The largest absolute Gasteiger partial charge is 0.463 e. The summed E-state index contributed by atoms with van der Waals surface area (Å²) in [5, 5.41) is 10.9. The highest BCUT2D eigenvalue weighted by Gasteiger charge is 2.46. The molecule has 10 nitrogen and oxygen atoms in total. The van der Waals surface area contributed by atoms with Crippen LogP contribution in [0.1, 0.15) is 74.1 Å². The molecule has 2 fully saturated rings. The third-order valence-corrected chi connectivity index (χ3v) is 9.13. The van der Waals surface area contributed by atoms with E-state index in [1.165, 1.54) is 7.11 Å². The van der Waals surface area contributed by atoms with Crippen molar-refractivity contribution >= 4 is 11.8 Å². The Hall–Kier alpha value is -1.14. The summed E-state index contributed by atoms with van der Waals surface area (Å²) in [7, 11) is 7.37. The Kier molecular flexibility index (Phi) is 14.8. The quantitative estimate of drug-likeness (QED) is 0.144. The average Bonchev–Trinajstić information content (AvgIpc) is 2.90. The first-order chi connectivity index (χ1) is 19.7. The molecule has 0 aromatic rings. The van der Waals surface area contributed by atoms with Crippen LogP contribution in [-0.2, 0) is 28.5 Å². The monoisotopic (exact) mass is 599 g/mol. The molecule has 2 saturated heterocycles. The molecule has 0 aromatic heterocycles. The number of methoxy groups -OCH3 is 1. The number of carbonyl (C=O) groups excluding carboxylic acids is 2. The highest BCUT2D eigenvalue weighted by atomic mass is 16.8. The zero-order valence-corrected chi connectivity index (χ0v) is 28.3. The van der Waals surface area contributed by atoms with Crippen molar-refractivity contribution < 1.29 is 33.6 Å². The minimum absolute atomic E-state index is 0.0938. The summed E-state index contributed by atoms with van der Waals surface area (Å²) in [4.78, 5) is 33.9. The number of nitrogens with zero attached hydrogens (tertiary/aromatic N) is 3. The first-order valence-corrected chi connectivity index (χ1v) is 16.0. The van der Waals surface area contributed by atoms with Crippen LogP contribution in [0.15, 0.2) is 0 Å². The number of rotatable bonds is 18. The Bertz CT molecular complexity index is 835. The predicted octanol–water partition coefficient (Wildman–Crippen LogP) is 3.25. The van der Waals surface area contributed by atoms with Crippen molar-refractivity contribution in [1.82, 2.24) is 14.7 Å². The van der Waals surface area contributed by atoms with Gasteiger partial charge in [0.2, 0.25) is 0 Å². The Morgan fingerprint density at radius 1 is 1.12 bits per heavy atom. The molecule has 8 atom stereocenters. The fourth-order valence-electron chi connectivity index (χ4n) is 6.49. The summed E-state index contributed by atoms with van der Waals surface area (Å²) >= 11 is 0. The molecular weight excluding hydrogens is 538 g/mol. The van der Waals surface area contributed by atoms with E-state index in [-0.39, 0.29) is 30.6 Å². The van der Waals surface area contributed by atoms with Crippen molar-refractivity contribution in [1.29, 1.82) is 0 Å². The maximum Gasteiger partial charge on any atom is 0.319 e. The van der Waals surface area contributed by atoms with Gasteiger partial charge in [0, 0.05) is 44.7 Å². The van der Waals surface area contributed by atoms with E-state index >= 15 is 0 Å². The molecule has 246 valence electrons. The first-order valence-electron chi connectivity index (χ1n) is 16.0. The maximum atomic E-state index is 13.7. The van der Waals surface area contributed by atoms with E-state index in [2.05, 4.69) is 37.6 Å². The van der Waals surface area contributed by atoms with Crippen LogP contribution in [0, 0.1) is 23.2 Å². The van der Waals surface area contributed by atoms with E-state index in [0.29, 0.717) is 18.3 Å². The molecular formula is C32H61N3O7. The Labute approximate surface area is 255 Å². The van der Waals surface area contributed by atoms with Crippen molar-refractivity contribution in [2.75, 3.05) is 61.0 Å². The molecule has 0 unspecified atom stereocenters. The third kappa shape index (κ3) is 9.68. The van der Waals surface area contributed by atoms with Gasteiger partial charge in [0.15, 0.2) is 18.4 Å². The van der Waals surface area contributed by atoms with E-state index < -0.39 is 36.0 Å². The van der Waals surface area contributed by atoms with Gasteiger partial charge in [-0.15, -0.1) is 0 Å². The molecule has 0 spiro atoms. The smallest absolute Gasteiger partial charge is 0.319 e. The number of carbonyl (C=O) groups is 2. The van der Waals surface area contributed by atoms with Crippen LogP contribution in [-0.4, -0.2) is 129 Å². The number of esters is 1. The number of ether oxygens (including phenoxy) is 4. The number of hydrogen-bond acceptors (Lipinski definition) is 10. The number of Topliss-reactive ketones (excluding diaryl/α,β-unsaturated/α-hetero) is 1. The van der Waals surface area contributed by atoms with Gasteiger partial charge in [-0.05, 0) is 73.6 Å². The van der Waals surface area contributed by atoms with Gasteiger partial charge in [0.25, 0.3) is 0 Å². The minimum Gasteiger partial charge on any atom is -0.463 e. The van der Waals surface area contributed by atoms with Crippen LogP contribution in [0.3, 0.4) is 0 Å². The molecule has 0 radical (unpaired) electrons. The molecule has 10 heteroatoms. The second-order valence-corrected chi connectivity index (χ2v) is 13.6. The fraction of sp³-hybridized carbons (Fsp3) is 0.938. The summed E-state index contributed by atoms with van der Waals surface area (Å²) in [5.74, 6) is -0.721. The van der Waals surface area contributed by atoms with Crippen LogP contribution < -0.4 is 0 Å². The molecule has 0 bridgehead atoms. The van der Waals surface area contributed by atoms with Crippen LogP contribution in [0.25, 0.3) is 0 Å². The van der Waals surface area contributed by atoms with Crippen LogP contribution in [0.2, 0.25) is 0 Å². The molecule has 42 heavy (non-hydrogen) atoms. The first kappa shape index (κ1) is 37.0. The Morgan fingerprint density at radius 3 is 2.31 bits per heavy atom. The third-order valence-electron chi connectivity index (χ3n) is 9.13. The number of likely N-dealkylation sites (N-methyl/N-ethyl adjacent to an activating group) is 2. The summed E-state index contributed by atoms with van der Waals surface area (Å²) in [6.07, 6.45) is 1.06. The second-order valence-electron chi connectivity index (χ2n) is 13.6. The lowest BCUT2D eigenvalue weighted by molar-refractivity contribution is -0.309. The van der Waals surface area contributed by atoms with E-state index in [1.807, 2.05) is 25.9 Å². The van der Waals surface area contributed by atoms with Crippen molar-refractivity contribution in [2.45, 2.75) is 111 Å². The van der Waals surface area contributed by atoms with E-state index in [1.54, 1.807) is 20.8 Å². The maximum absolute atomic E-state index is 13.7. The second kappa shape index (κ2) is 16.8. The van der Waals surface area contributed by atoms with Crippen molar-refractivity contribution in [3.63, 3.8) is 0 Å². The van der Waals surface area contributed by atoms with E-state index in [4.69, 9.17) is 18.9 Å². The number of likely N-dealkylation sites (tertiary alicyclic amines) is 1. The summed E-state index contributed by atoms with van der Waals surface area (Å²) < 4.78 is 23.4. The standard InChI is InChI=1S/C32H61N3O7/c1-12-14-21(3)17-34(10)26(24-18-35(19-24)15-13-2)20-40-31(38)32(6,7)28(37)23(5)29(39-11)42-30-27(36)25(33(8)9)16-22(4)41-30/h21-27,29-30,36H,12-20H2,1-11H3/t21-,22-,23+,25+,26-,27-,29-,30+/m1/s1. The topological polar surface area (TPSA) is 101 Å². The lowest BCUT2D eigenvalue weighted by atomic mass is 9.81. The zero-order valence-electron chi connectivity index (χ0n) is 28.3. The van der Waals surface area contributed by atoms with Crippen molar-refractivity contribution in [3.05, 3.63) is 0 Å². The van der Waals surface area contributed by atoms with Crippen molar-refractivity contribution in [3.8, 4) is 0 Å². The van der Waals surface area contributed by atoms with Gasteiger partial charge in [-0.3, -0.25) is 14.5 Å². The lowest BCUT2D eigenvalue weighted by Gasteiger charge is -2.46. The number of aliphatic hydroxyl groups is 1. The number of hydrogen-bond donors (Lipinski definition) is 1. The minimum atomic E-state index is -1.41. The summed E-state index contributed by atoms with van der Waals surface area (Å²) in [6.45, 7) is 17.7. The van der Waals surface area contributed by atoms with Crippen LogP contribution >= 0.6 is 0 Å². The summed E-state index contributed by atoms with van der Waals surface area (Å²) in [5.41, 5.74) is -1.41. The van der Waals surface area contributed by atoms with Gasteiger partial charge in [-0.2, -0.15) is 0 Å². The van der Waals surface area contributed by atoms with E-state index in [9.17, 15) is 14.7 Å². The van der Waals surface area contributed by atoms with Gasteiger partial charge in [0.05, 0.1) is 12.0 Å². The molecule has 0 amide bonds. The highest BCUT2D eigenvalue weighted by molar-refractivity contribution is 6.04. The molecule has 1 N–H and O–H groups in total. The van der Waals surface area contributed by atoms with Crippen LogP contribution in [0.4, 0.5) is 0 Å². The molecule has 2 aliphatic rings. The van der Waals surface area contributed by atoms with Gasteiger partial charge < -0.3 is 33.9 Å². The normalized spacial score (nSPS) is 27.0. The van der Waals surface area contributed by atoms with Gasteiger partial charge >= 0.3 is 5.97 Å². The lowest BCUT2D eigenvalue weighted by Crippen LogP contribution is -2.58. The molecule has 0 aromatic carbocycles. The van der Waals surface area contributed by atoms with Gasteiger partial charge in [0.1, 0.15) is 18.1 Å². The Morgan fingerprint density at radius 2 is 1.76 bits per heavy atom. The van der Waals surface area contributed by atoms with Gasteiger partial charge in [-0.25, -0.2) is 0 Å². The molecule has 2 aliphatic heterocycles. The molecule has 2 heterocycles. The number of aliphatic hydroxyl groups excluding tert-OH is 1. The average molecular weight is 600 g/mol. The van der Waals surface area contributed by atoms with Crippen molar-refractivity contribution in [2.24, 2.45) is 23.2 Å². The Balaban J connectivity index is 2.06. The fourth-order valence-corrected chi connectivity index (χ4v) is 6.49. The van der Waals surface area contributed by atoms with E-state index in [0.717, 1.165) is 45.4 Å². The molecule has 2 rings (SSSR count). The van der Waals surface area contributed by atoms with Crippen LogP contribution in [0.5, 0.6) is 0 Å². The molecule has 0 aliphatic carbocycles. The SMILES string of the molecule is CCC[C@@H](C)CN(C)[C@H](COC(=O)C(C)(C)C(=O)[C@H](C)[C@H](OC)O[C@@H]1O[C@H](C)C[C@H](N(C)C)[C@H]1O)C1CN(CCC)C1. The van der Waals surface area contributed by atoms with Gasteiger partial charge in [-0.1, -0.05) is 34.1 Å². The summed E-state index contributed by atoms with van der Waals surface area (Å²) in [6, 6.07) is -0.0641. The zero-order chi connectivity index (χ0) is 31.8.